The molecule has 2 heterocycles. The summed E-state index contributed by atoms with van der Waals surface area (Å²) in [6.07, 6.45) is 3.61. The topological polar surface area (TPSA) is 88.4 Å². The van der Waals surface area contributed by atoms with Gasteiger partial charge in [-0.3, -0.25) is 0 Å². The SMILES string of the molecule is Cc1cccc(Cl)c1-c1noc(-c2cc[nH]c2)c1COc1ccc(C(=O)O)cc1. The third-order valence-corrected chi connectivity index (χ3v) is 4.91. The van der Waals surface area contributed by atoms with E-state index in [-0.39, 0.29) is 12.2 Å². The molecular weight excluding hydrogens is 392 g/mol. The number of aryl methyl sites for hydroxylation is 1. The first kappa shape index (κ1) is 18.8. The van der Waals surface area contributed by atoms with Gasteiger partial charge in [-0.1, -0.05) is 28.9 Å². The van der Waals surface area contributed by atoms with E-state index in [2.05, 4.69) is 10.1 Å². The van der Waals surface area contributed by atoms with Gasteiger partial charge in [0.05, 0.1) is 16.1 Å². The second-order valence-corrected chi connectivity index (χ2v) is 6.90. The maximum Gasteiger partial charge on any atom is 0.335 e. The van der Waals surface area contributed by atoms with E-state index in [4.69, 9.17) is 26.0 Å². The van der Waals surface area contributed by atoms with Crippen molar-refractivity contribution in [3.8, 4) is 28.3 Å². The number of carbonyl (C=O) groups is 1. The predicted molar refractivity (Wildman–Crippen MR) is 109 cm³/mol. The minimum atomic E-state index is -0.984. The molecule has 0 aliphatic heterocycles. The summed E-state index contributed by atoms with van der Waals surface area (Å²) in [5.74, 6) is 0.141. The van der Waals surface area contributed by atoms with Crippen LogP contribution >= 0.6 is 11.6 Å². The fourth-order valence-electron chi connectivity index (χ4n) is 3.11. The van der Waals surface area contributed by atoms with Crippen LogP contribution in [0.1, 0.15) is 21.5 Å². The molecule has 29 heavy (non-hydrogen) atoms. The van der Waals surface area contributed by atoms with E-state index in [1.807, 2.05) is 37.4 Å². The lowest BCUT2D eigenvalue weighted by molar-refractivity contribution is 0.0697. The van der Waals surface area contributed by atoms with E-state index in [1.165, 1.54) is 12.1 Å². The van der Waals surface area contributed by atoms with Crippen molar-refractivity contribution >= 4 is 17.6 Å². The summed E-state index contributed by atoms with van der Waals surface area (Å²) in [7, 11) is 0. The molecule has 0 spiro atoms. The van der Waals surface area contributed by atoms with Crippen LogP contribution in [0.15, 0.2) is 65.4 Å². The van der Waals surface area contributed by atoms with Gasteiger partial charge in [-0.05, 0) is 48.9 Å². The number of nitrogens with zero attached hydrogens (tertiary/aromatic N) is 1. The number of carboxylic acid groups (broad SMARTS) is 1. The van der Waals surface area contributed by atoms with Crippen LogP contribution in [-0.2, 0) is 6.61 Å². The number of aromatic amines is 1. The standard InChI is InChI=1S/C22H17ClN2O4/c1-13-3-2-4-18(23)19(13)20-17(21(29-25-20)15-9-10-24-11-15)12-28-16-7-5-14(6-8-16)22(26)27/h2-11,24H,12H2,1H3,(H,26,27). The monoisotopic (exact) mass is 408 g/mol. The van der Waals surface area contributed by atoms with Crippen molar-refractivity contribution in [2.45, 2.75) is 13.5 Å². The van der Waals surface area contributed by atoms with Gasteiger partial charge in [0.15, 0.2) is 5.76 Å². The van der Waals surface area contributed by atoms with Gasteiger partial charge in [0.1, 0.15) is 18.1 Å². The van der Waals surface area contributed by atoms with Crippen LogP contribution in [-0.4, -0.2) is 21.2 Å². The Morgan fingerprint density at radius 2 is 2.00 bits per heavy atom. The zero-order valence-corrected chi connectivity index (χ0v) is 16.2. The van der Waals surface area contributed by atoms with E-state index in [1.54, 1.807) is 18.3 Å². The van der Waals surface area contributed by atoms with E-state index < -0.39 is 5.97 Å². The molecule has 2 aromatic heterocycles. The van der Waals surface area contributed by atoms with Crippen molar-refractivity contribution in [1.82, 2.24) is 10.1 Å². The highest BCUT2D eigenvalue weighted by molar-refractivity contribution is 6.33. The number of benzene rings is 2. The van der Waals surface area contributed by atoms with E-state index >= 15 is 0 Å². The average Bonchev–Trinajstić information content (AvgIpc) is 3.36. The molecule has 4 rings (SSSR count). The number of rotatable bonds is 6. The molecule has 0 saturated heterocycles. The number of aromatic nitrogens is 2. The fourth-order valence-corrected chi connectivity index (χ4v) is 3.42. The van der Waals surface area contributed by atoms with Crippen molar-refractivity contribution in [2.24, 2.45) is 0 Å². The molecule has 0 fully saturated rings. The van der Waals surface area contributed by atoms with Crippen LogP contribution in [0.5, 0.6) is 5.75 Å². The first-order valence-electron chi connectivity index (χ1n) is 8.88. The summed E-state index contributed by atoms with van der Waals surface area (Å²) >= 11 is 6.45. The summed E-state index contributed by atoms with van der Waals surface area (Å²) in [5.41, 5.74) is 4.17. The molecule has 2 N–H and O–H groups in total. The van der Waals surface area contributed by atoms with E-state index in [0.29, 0.717) is 22.2 Å². The highest BCUT2D eigenvalue weighted by Crippen LogP contribution is 2.37. The first-order valence-corrected chi connectivity index (χ1v) is 9.25. The highest BCUT2D eigenvalue weighted by Gasteiger charge is 2.23. The van der Waals surface area contributed by atoms with Crippen LogP contribution in [0.25, 0.3) is 22.6 Å². The Kier molecular flexibility index (Phi) is 5.10. The van der Waals surface area contributed by atoms with E-state index in [0.717, 1.165) is 22.3 Å². The fraction of sp³-hybridized carbons (Fsp3) is 0.0909. The number of hydrogen-bond acceptors (Lipinski definition) is 4. The van der Waals surface area contributed by atoms with Gasteiger partial charge in [0, 0.05) is 23.5 Å². The molecule has 0 radical (unpaired) electrons. The van der Waals surface area contributed by atoms with Crippen LogP contribution in [0, 0.1) is 6.92 Å². The molecule has 0 aliphatic rings. The molecule has 6 nitrogen and oxygen atoms in total. The second kappa shape index (κ2) is 7.85. The van der Waals surface area contributed by atoms with Gasteiger partial charge < -0.3 is 19.4 Å². The summed E-state index contributed by atoms with van der Waals surface area (Å²) < 4.78 is 11.6. The second-order valence-electron chi connectivity index (χ2n) is 6.49. The van der Waals surface area contributed by atoms with Gasteiger partial charge in [-0.25, -0.2) is 4.79 Å². The summed E-state index contributed by atoms with van der Waals surface area (Å²) in [5, 5.41) is 13.9. The summed E-state index contributed by atoms with van der Waals surface area (Å²) in [4.78, 5) is 14.0. The van der Waals surface area contributed by atoms with Crippen LogP contribution in [0.3, 0.4) is 0 Å². The third kappa shape index (κ3) is 3.75. The zero-order valence-electron chi connectivity index (χ0n) is 15.5. The molecule has 0 saturated carbocycles. The smallest absolute Gasteiger partial charge is 0.335 e. The number of hydrogen-bond donors (Lipinski definition) is 2. The Morgan fingerprint density at radius 1 is 1.21 bits per heavy atom. The first-order chi connectivity index (χ1) is 14.0. The minimum absolute atomic E-state index is 0.177. The average molecular weight is 409 g/mol. The molecule has 0 aliphatic carbocycles. The Balaban J connectivity index is 1.72. The number of carboxylic acids is 1. The number of ether oxygens (including phenoxy) is 1. The molecule has 146 valence electrons. The minimum Gasteiger partial charge on any atom is -0.489 e. The summed E-state index contributed by atoms with van der Waals surface area (Å²) in [6, 6.07) is 13.8. The lowest BCUT2D eigenvalue weighted by Crippen LogP contribution is -2.00. The van der Waals surface area contributed by atoms with Crippen molar-refractivity contribution in [3.05, 3.63) is 82.6 Å². The van der Waals surface area contributed by atoms with Gasteiger partial charge in [0.25, 0.3) is 0 Å². The molecule has 0 amide bonds. The molecule has 7 heteroatoms. The van der Waals surface area contributed by atoms with Crippen molar-refractivity contribution in [1.29, 1.82) is 0 Å². The number of halogens is 1. The Hall–Kier alpha value is -3.51. The Bertz CT molecular complexity index is 1130. The summed E-state index contributed by atoms with van der Waals surface area (Å²) in [6.45, 7) is 2.14. The number of nitrogens with one attached hydrogen (secondary N) is 1. The van der Waals surface area contributed by atoms with Crippen molar-refractivity contribution in [3.63, 3.8) is 0 Å². The molecular formula is C22H17ClN2O4. The lowest BCUT2D eigenvalue weighted by atomic mass is 10.0. The largest absolute Gasteiger partial charge is 0.489 e. The van der Waals surface area contributed by atoms with Crippen molar-refractivity contribution < 1.29 is 19.2 Å². The molecule has 4 aromatic rings. The molecule has 2 aromatic carbocycles. The van der Waals surface area contributed by atoms with E-state index in [9.17, 15) is 4.79 Å². The molecule has 0 atom stereocenters. The Morgan fingerprint density at radius 3 is 2.66 bits per heavy atom. The maximum absolute atomic E-state index is 11.0. The van der Waals surface area contributed by atoms with Gasteiger partial charge in [-0.2, -0.15) is 0 Å². The van der Waals surface area contributed by atoms with Gasteiger partial charge >= 0.3 is 5.97 Å². The number of H-pyrrole nitrogens is 1. The van der Waals surface area contributed by atoms with Crippen LogP contribution in [0.4, 0.5) is 0 Å². The number of aromatic carboxylic acids is 1. The molecule has 0 unspecified atom stereocenters. The normalized spacial score (nSPS) is 10.8. The maximum atomic E-state index is 11.0. The van der Waals surface area contributed by atoms with Crippen molar-refractivity contribution in [2.75, 3.05) is 0 Å². The van der Waals surface area contributed by atoms with Gasteiger partial charge in [0.2, 0.25) is 0 Å². The van der Waals surface area contributed by atoms with Gasteiger partial charge in [-0.15, -0.1) is 0 Å². The Labute approximate surface area is 171 Å². The zero-order chi connectivity index (χ0) is 20.4. The lowest BCUT2D eigenvalue weighted by Gasteiger charge is -2.10. The quantitative estimate of drug-likeness (QED) is 0.435. The third-order valence-electron chi connectivity index (χ3n) is 4.59. The van der Waals surface area contributed by atoms with Crippen LogP contribution in [0.2, 0.25) is 5.02 Å². The van der Waals surface area contributed by atoms with Crippen LogP contribution < -0.4 is 4.74 Å². The predicted octanol–water partition coefficient (Wildman–Crippen LogP) is 5.58. The molecule has 0 bridgehead atoms. The highest BCUT2D eigenvalue weighted by atomic mass is 35.5.